The van der Waals surface area contributed by atoms with Crippen LogP contribution in [0.5, 0.6) is 0 Å². The van der Waals surface area contributed by atoms with Gasteiger partial charge in [-0.3, -0.25) is 14.6 Å². The number of nitrogens with zero attached hydrogens (tertiary/aromatic N) is 5. The molecule has 0 radical (unpaired) electrons. The van der Waals surface area contributed by atoms with Gasteiger partial charge in [-0.25, -0.2) is 4.39 Å². The maximum Gasteiger partial charge on any atom is 0.272 e. The van der Waals surface area contributed by atoms with Crippen LogP contribution in [0.2, 0.25) is 0 Å². The fourth-order valence-corrected chi connectivity index (χ4v) is 5.15. The lowest BCUT2D eigenvalue weighted by Crippen LogP contribution is -2.60. The lowest BCUT2D eigenvalue weighted by molar-refractivity contribution is -0.00568. The van der Waals surface area contributed by atoms with E-state index >= 15 is 0 Å². The number of benzene rings is 1. The molecule has 1 atom stereocenters. The highest BCUT2D eigenvalue weighted by Gasteiger charge is 2.56. The summed E-state index contributed by atoms with van der Waals surface area (Å²) in [6, 6.07) is 13.5. The van der Waals surface area contributed by atoms with E-state index in [9.17, 15) is 14.0 Å². The van der Waals surface area contributed by atoms with Crippen LogP contribution in [0, 0.1) is 12.7 Å². The van der Waals surface area contributed by atoms with Gasteiger partial charge in [-0.2, -0.15) is 0 Å². The molecule has 2 aliphatic rings. The second-order valence-corrected chi connectivity index (χ2v) is 8.48. The predicted octanol–water partition coefficient (Wildman–Crippen LogP) is 3.45. The van der Waals surface area contributed by atoms with E-state index in [1.807, 2.05) is 22.8 Å². The van der Waals surface area contributed by atoms with Gasteiger partial charge in [0.2, 0.25) is 0 Å². The molecule has 8 nitrogen and oxygen atoms in total. The van der Waals surface area contributed by atoms with Gasteiger partial charge < -0.3 is 18.9 Å². The van der Waals surface area contributed by atoms with Gasteiger partial charge in [-0.15, -0.1) is 0 Å². The van der Waals surface area contributed by atoms with Crippen LogP contribution in [0.4, 0.5) is 4.39 Å². The van der Waals surface area contributed by atoms with Crippen molar-refractivity contribution in [2.75, 3.05) is 13.1 Å². The molecule has 0 saturated carbocycles. The van der Waals surface area contributed by atoms with Crippen LogP contribution in [0.15, 0.2) is 71.7 Å². The molecule has 2 aliphatic heterocycles. The quantitative estimate of drug-likeness (QED) is 0.471. The Labute approximate surface area is 194 Å². The molecule has 0 bridgehead atoms. The third kappa shape index (κ3) is 2.76. The van der Waals surface area contributed by atoms with Crippen LogP contribution in [-0.4, -0.2) is 49.4 Å². The van der Waals surface area contributed by atoms with E-state index in [2.05, 4.69) is 10.1 Å². The van der Waals surface area contributed by atoms with E-state index in [1.165, 1.54) is 18.4 Å². The average Bonchev–Trinajstić information content (AvgIpc) is 3.57. The summed E-state index contributed by atoms with van der Waals surface area (Å²) in [5, 5.41) is 3.85. The molecule has 1 unspecified atom stereocenters. The first-order chi connectivity index (χ1) is 16.5. The van der Waals surface area contributed by atoms with Gasteiger partial charge in [0.25, 0.3) is 11.8 Å². The van der Waals surface area contributed by atoms with Crippen molar-refractivity contribution in [2.45, 2.75) is 19.1 Å². The zero-order chi connectivity index (χ0) is 23.4. The minimum atomic E-state index is -1.14. The van der Waals surface area contributed by atoms with Crippen molar-refractivity contribution < 1.29 is 18.5 Å². The molecule has 1 saturated heterocycles. The second kappa shape index (κ2) is 7.38. The molecule has 9 heteroatoms. The van der Waals surface area contributed by atoms with Gasteiger partial charge in [0.05, 0.1) is 12.2 Å². The van der Waals surface area contributed by atoms with Crippen LogP contribution in [0.3, 0.4) is 0 Å². The number of aromatic nitrogens is 3. The molecule has 3 aromatic heterocycles. The summed E-state index contributed by atoms with van der Waals surface area (Å²) < 4.78 is 20.8. The van der Waals surface area contributed by atoms with E-state index in [4.69, 9.17) is 4.52 Å². The van der Waals surface area contributed by atoms with Crippen molar-refractivity contribution >= 4 is 11.8 Å². The number of carbonyl (C=O) groups excluding carboxylic acids is 2. The smallest absolute Gasteiger partial charge is 0.272 e. The number of rotatable bonds is 3. The number of aryl methyl sites for hydroxylation is 1. The Bertz CT molecular complexity index is 1410. The summed E-state index contributed by atoms with van der Waals surface area (Å²) in [5.41, 5.74) is 2.61. The molecule has 5 heterocycles. The Morgan fingerprint density at radius 1 is 1.03 bits per heavy atom. The monoisotopic (exact) mass is 457 g/mol. The molecular formula is C25H20FN5O3. The third-order valence-corrected chi connectivity index (χ3v) is 6.77. The highest BCUT2D eigenvalue weighted by atomic mass is 19.1. The molecule has 1 aromatic carbocycles. The largest absolute Gasteiger partial charge is 0.364 e. The number of halogens is 1. The molecule has 4 aromatic rings. The molecule has 2 amide bonds. The Morgan fingerprint density at radius 2 is 1.76 bits per heavy atom. The summed E-state index contributed by atoms with van der Waals surface area (Å²) in [4.78, 5) is 35.0. The fraction of sp³-hybridized carbons (Fsp3) is 0.200. The van der Waals surface area contributed by atoms with Gasteiger partial charge in [-0.1, -0.05) is 17.3 Å². The average molecular weight is 457 g/mol. The van der Waals surface area contributed by atoms with E-state index in [-0.39, 0.29) is 11.8 Å². The zero-order valence-electron chi connectivity index (χ0n) is 18.3. The molecule has 0 aliphatic carbocycles. The summed E-state index contributed by atoms with van der Waals surface area (Å²) >= 11 is 0. The first-order valence-electron chi connectivity index (χ1n) is 10.9. The molecule has 0 spiro atoms. The third-order valence-electron chi connectivity index (χ3n) is 6.77. The fourth-order valence-electron chi connectivity index (χ4n) is 5.15. The van der Waals surface area contributed by atoms with Crippen molar-refractivity contribution in [1.82, 2.24) is 24.5 Å². The molecule has 1 fully saturated rings. The standard InChI is InChI=1S/C25H20FN5O3/c1-16-20(14-34-28-16)23(32)30-12-13-31-24(33)22-7-6-21(17-8-10-27-11-9-17)29(22)15-25(30,31)18-2-4-19(26)5-3-18/h2-11,14H,12-13,15H2,1H3. The minimum Gasteiger partial charge on any atom is -0.364 e. The van der Waals surface area contributed by atoms with Gasteiger partial charge in [0, 0.05) is 42.3 Å². The van der Waals surface area contributed by atoms with Crippen molar-refractivity contribution in [3.8, 4) is 11.3 Å². The van der Waals surface area contributed by atoms with Gasteiger partial charge >= 0.3 is 0 Å². The SMILES string of the molecule is Cc1nocc1C(=O)N1CCN2C(=O)c3ccc(-c4ccncc4)n3CC12c1ccc(F)cc1. The molecular weight excluding hydrogens is 437 g/mol. The van der Waals surface area contributed by atoms with Gasteiger partial charge in [0.15, 0.2) is 5.66 Å². The Hall–Kier alpha value is -4.27. The van der Waals surface area contributed by atoms with E-state index in [0.717, 1.165) is 11.3 Å². The number of carbonyl (C=O) groups is 2. The zero-order valence-corrected chi connectivity index (χ0v) is 18.3. The van der Waals surface area contributed by atoms with Crippen LogP contribution >= 0.6 is 0 Å². The molecule has 0 N–H and O–H groups in total. The lowest BCUT2D eigenvalue weighted by Gasteiger charge is -2.47. The topological polar surface area (TPSA) is 84.5 Å². The van der Waals surface area contributed by atoms with Crippen LogP contribution < -0.4 is 0 Å². The molecule has 6 rings (SSSR count). The van der Waals surface area contributed by atoms with Crippen molar-refractivity contribution in [3.05, 3.63) is 95.5 Å². The van der Waals surface area contributed by atoms with Crippen LogP contribution in [-0.2, 0) is 12.2 Å². The van der Waals surface area contributed by atoms with Crippen molar-refractivity contribution in [2.24, 2.45) is 0 Å². The molecule has 34 heavy (non-hydrogen) atoms. The van der Waals surface area contributed by atoms with Crippen molar-refractivity contribution in [3.63, 3.8) is 0 Å². The minimum absolute atomic E-state index is 0.187. The Morgan fingerprint density at radius 3 is 2.47 bits per heavy atom. The first kappa shape index (κ1) is 20.3. The number of fused-ring (bicyclic) bond motifs is 2. The number of pyridine rings is 1. The van der Waals surface area contributed by atoms with Crippen LogP contribution in [0.1, 0.15) is 32.1 Å². The number of hydrogen-bond acceptors (Lipinski definition) is 5. The van der Waals surface area contributed by atoms with E-state index in [0.29, 0.717) is 42.1 Å². The summed E-state index contributed by atoms with van der Waals surface area (Å²) in [6.45, 7) is 2.66. The maximum atomic E-state index is 13.9. The van der Waals surface area contributed by atoms with E-state index in [1.54, 1.807) is 47.3 Å². The normalized spacial score (nSPS) is 19.3. The Balaban J connectivity index is 1.56. The van der Waals surface area contributed by atoms with Gasteiger partial charge in [0.1, 0.15) is 23.3 Å². The highest BCUT2D eigenvalue weighted by Crippen LogP contribution is 2.45. The Kier molecular flexibility index (Phi) is 4.41. The maximum absolute atomic E-state index is 13.9. The summed E-state index contributed by atoms with van der Waals surface area (Å²) in [6.07, 6.45) is 4.72. The number of hydrogen-bond donors (Lipinski definition) is 0. The number of amides is 2. The van der Waals surface area contributed by atoms with Crippen LogP contribution in [0.25, 0.3) is 11.3 Å². The predicted molar refractivity (Wildman–Crippen MR) is 119 cm³/mol. The van der Waals surface area contributed by atoms with Crippen molar-refractivity contribution in [1.29, 1.82) is 0 Å². The lowest BCUT2D eigenvalue weighted by atomic mass is 9.93. The first-order valence-corrected chi connectivity index (χ1v) is 10.9. The summed E-state index contributed by atoms with van der Waals surface area (Å²) in [7, 11) is 0. The highest BCUT2D eigenvalue weighted by molar-refractivity contribution is 5.99. The molecule has 170 valence electrons. The van der Waals surface area contributed by atoms with Gasteiger partial charge in [-0.05, 0) is 43.3 Å². The second-order valence-electron chi connectivity index (χ2n) is 8.48. The summed E-state index contributed by atoms with van der Waals surface area (Å²) in [5.74, 6) is -0.869. The van der Waals surface area contributed by atoms with E-state index < -0.39 is 11.5 Å².